The second-order valence-electron chi connectivity index (χ2n) is 3.22. The van der Waals surface area contributed by atoms with E-state index in [2.05, 4.69) is 0 Å². The molecule has 0 spiro atoms. The van der Waals surface area contributed by atoms with E-state index < -0.39 is 0 Å². The number of ether oxygens (including phenoxy) is 2. The molecule has 1 rings (SSSR count). The van der Waals surface area contributed by atoms with E-state index in [0.717, 1.165) is 0 Å². The first-order valence-electron chi connectivity index (χ1n) is 4.49. The highest BCUT2D eigenvalue weighted by Gasteiger charge is 2.16. The topological polar surface area (TPSA) is 38.7 Å². The van der Waals surface area contributed by atoms with Crippen LogP contribution in [0.15, 0.2) is 24.5 Å². The van der Waals surface area contributed by atoms with Crippen LogP contribution >= 0.6 is 0 Å². The van der Waals surface area contributed by atoms with Crippen LogP contribution in [0.3, 0.4) is 0 Å². The van der Waals surface area contributed by atoms with Gasteiger partial charge in [-0.1, -0.05) is 13.0 Å². The van der Waals surface area contributed by atoms with E-state index in [9.17, 15) is 0 Å². The molecule has 0 saturated heterocycles. The van der Waals surface area contributed by atoms with Crippen molar-refractivity contribution < 1.29 is 14.6 Å². The molecule has 3 atom stereocenters. The number of hydrogen-bond donors (Lipinski definition) is 1. The van der Waals surface area contributed by atoms with Gasteiger partial charge in [0.25, 0.3) is 0 Å². The van der Waals surface area contributed by atoms with Crippen LogP contribution in [0.2, 0.25) is 0 Å². The van der Waals surface area contributed by atoms with Gasteiger partial charge in [-0.2, -0.15) is 0 Å². The summed E-state index contributed by atoms with van der Waals surface area (Å²) in [5.41, 5.74) is 0. The number of allylic oxidation sites excluding steroid dienone is 2. The van der Waals surface area contributed by atoms with Gasteiger partial charge in [-0.3, -0.25) is 0 Å². The van der Waals surface area contributed by atoms with Gasteiger partial charge in [-0.05, 0) is 19.1 Å². The summed E-state index contributed by atoms with van der Waals surface area (Å²) >= 11 is 0. The van der Waals surface area contributed by atoms with E-state index in [1.807, 2.05) is 26.0 Å². The maximum Gasteiger partial charge on any atom is 0.219 e. The Labute approximate surface area is 78.7 Å². The number of aliphatic hydroxyl groups is 1. The Morgan fingerprint density at radius 3 is 2.77 bits per heavy atom. The molecule has 0 bridgehead atoms. The largest absolute Gasteiger partial charge is 0.469 e. The van der Waals surface area contributed by atoms with Crippen molar-refractivity contribution in [3.05, 3.63) is 24.5 Å². The predicted molar refractivity (Wildman–Crippen MR) is 49.9 cm³/mol. The second-order valence-corrected chi connectivity index (χ2v) is 3.22. The summed E-state index contributed by atoms with van der Waals surface area (Å²) in [6, 6.07) is 0. The predicted octanol–water partition coefficient (Wildman–Crippen LogP) is 1.45. The fraction of sp³-hybridized carbons (Fsp3) is 0.600. The average Bonchev–Trinajstić information content (AvgIpc) is 2.18. The maximum absolute atomic E-state index is 8.88. The van der Waals surface area contributed by atoms with Crippen molar-refractivity contribution in [3.8, 4) is 0 Å². The first-order chi connectivity index (χ1) is 6.24. The third-order valence-corrected chi connectivity index (χ3v) is 2.11. The summed E-state index contributed by atoms with van der Waals surface area (Å²) in [6.45, 7) is 4.00. The summed E-state index contributed by atoms with van der Waals surface area (Å²) in [6.07, 6.45) is 6.80. The Bertz CT molecular complexity index is 198. The molecule has 1 heterocycles. The molecule has 3 heteroatoms. The Kier molecular flexibility index (Phi) is 3.99. The van der Waals surface area contributed by atoms with E-state index in [-0.39, 0.29) is 24.9 Å². The van der Waals surface area contributed by atoms with Crippen molar-refractivity contribution in [2.75, 3.05) is 6.61 Å². The van der Waals surface area contributed by atoms with Crippen LogP contribution in [-0.4, -0.2) is 24.1 Å². The monoisotopic (exact) mass is 184 g/mol. The van der Waals surface area contributed by atoms with Gasteiger partial charge in [-0.15, -0.1) is 0 Å². The second kappa shape index (κ2) is 5.04. The van der Waals surface area contributed by atoms with Crippen LogP contribution in [0, 0.1) is 5.92 Å². The molecule has 13 heavy (non-hydrogen) atoms. The van der Waals surface area contributed by atoms with Crippen LogP contribution in [0.1, 0.15) is 13.8 Å². The summed E-state index contributed by atoms with van der Waals surface area (Å²) in [7, 11) is 0. The summed E-state index contributed by atoms with van der Waals surface area (Å²) < 4.78 is 10.7. The van der Waals surface area contributed by atoms with Gasteiger partial charge in [0.05, 0.1) is 12.4 Å². The molecule has 0 saturated carbocycles. The lowest BCUT2D eigenvalue weighted by Gasteiger charge is -2.23. The fourth-order valence-corrected chi connectivity index (χ4v) is 0.940. The zero-order valence-electron chi connectivity index (χ0n) is 8.01. The minimum atomic E-state index is -0.311. The molecule has 1 aliphatic heterocycles. The van der Waals surface area contributed by atoms with Gasteiger partial charge >= 0.3 is 0 Å². The molecule has 74 valence electrons. The average molecular weight is 184 g/mol. The van der Waals surface area contributed by atoms with Crippen LogP contribution < -0.4 is 0 Å². The normalized spacial score (nSPS) is 25.3. The van der Waals surface area contributed by atoms with E-state index in [4.69, 9.17) is 14.6 Å². The smallest absolute Gasteiger partial charge is 0.219 e. The van der Waals surface area contributed by atoms with Crippen molar-refractivity contribution in [3.63, 3.8) is 0 Å². The summed E-state index contributed by atoms with van der Waals surface area (Å²) in [5, 5.41) is 8.88. The molecule has 0 aliphatic carbocycles. The molecular formula is C10H16O3. The lowest BCUT2D eigenvalue weighted by Crippen LogP contribution is -2.27. The first kappa shape index (κ1) is 10.3. The zero-order valence-corrected chi connectivity index (χ0v) is 8.01. The minimum Gasteiger partial charge on any atom is -0.469 e. The van der Waals surface area contributed by atoms with E-state index in [0.29, 0.717) is 0 Å². The Balaban J connectivity index is 2.31. The van der Waals surface area contributed by atoms with Gasteiger partial charge < -0.3 is 14.6 Å². The summed E-state index contributed by atoms with van der Waals surface area (Å²) in [5.74, 6) is 0.128. The van der Waals surface area contributed by atoms with Gasteiger partial charge in [0.1, 0.15) is 0 Å². The number of rotatable bonds is 4. The molecule has 0 aromatic heterocycles. The summed E-state index contributed by atoms with van der Waals surface area (Å²) in [4.78, 5) is 0. The molecular weight excluding hydrogens is 168 g/mol. The van der Waals surface area contributed by atoms with Crippen molar-refractivity contribution in [1.29, 1.82) is 0 Å². The molecule has 0 amide bonds. The van der Waals surface area contributed by atoms with Crippen molar-refractivity contribution in [2.24, 2.45) is 5.92 Å². The lowest BCUT2D eigenvalue weighted by molar-refractivity contribution is -0.125. The first-order valence-corrected chi connectivity index (χ1v) is 4.49. The lowest BCUT2D eigenvalue weighted by atomic mass is 10.1. The molecule has 0 aromatic carbocycles. The van der Waals surface area contributed by atoms with Crippen LogP contribution in [0.25, 0.3) is 0 Å². The van der Waals surface area contributed by atoms with Crippen LogP contribution in [0.4, 0.5) is 0 Å². The fourth-order valence-electron chi connectivity index (χ4n) is 0.940. The van der Waals surface area contributed by atoms with E-state index >= 15 is 0 Å². The molecule has 1 aliphatic rings. The van der Waals surface area contributed by atoms with Gasteiger partial charge in [-0.25, -0.2) is 0 Å². The van der Waals surface area contributed by atoms with Gasteiger partial charge in [0.2, 0.25) is 6.29 Å². The highest BCUT2D eigenvalue weighted by molar-refractivity contribution is 5.05. The molecule has 0 radical (unpaired) electrons. The van der Waals surface area contributed by atoms with Gasteiger partial charge in [0.15, 0.2) is 0 Å². The molecule has 0 aromatic rings. The third-order valence-electron chi connectivity index (χ3n) is 2.11. The Hall–Kier alpha value is -0.800. The number of hydrogen-bond acceptors (Lipinski definition) is 3. The van der Waals surface area contributed by atoms with Gasteiger partial charge in [0, 0.05) is 12.5 Å². The zero-order chi connectivity index (χ0) is 9.68. The molecule has 1 unspecified atom stereocenters. The Morgan fingerprint density at radius 1 is 1.46 bits per heavy atom. The third kappa shape index (κ3) is 3.20. The van der Waals surface area contributed by atoms with Crippen molar-refractivity contribution in [1.82, 2.24) is 0 Å². The number of aliphatic hydroxyl groups excluding tert-OH is 1. The van der Waals surface area contributed by atoms with Crippen molar-refractivity contribution in [2.45, 2.75) is 26.2 Å². The standard InChI is InChI=1S/C10H16O3/c1-8(7-11)9(2)13-10-5-3-4-6-12-10/h3-6,8-11H,7H2,1-2H3/t8?,9-,10-/m0/s1. The van der Waals surface area contributed by atoms with Crippen LogP contribution in [0.5, 0.6) is 0 Å². The van der Waals surface area contributed by atoms with E-state index in [1.165, 1.54) is 0 Å². The van der Waals surface area contributed by atoms with Crippen molar-refractivity contribution >= 4 is 0 Å². The molecule has 3 nitrogen and oxygen atoms in total. The van der Waals surface area contributed by atoms with E-state index in [1.54, 1.807) is 12.3 Å². The SMILES string of the molecule is CC(CO)[C@H](C)O[C@H]1C=CC=CO1. The molecule has 0 fully saturated rings. The maximum atomic E-state index is 8.88. The highest BCUT2D eigenvalue weighted by Crippen LogP contribution is 2.12. The molecule has 1 N–H and O–H groups in total. The minimum absolute atomic E-state index is 0.00819. The van der Waals surface area contributed by atoms with Crippen LogP contribution in [-0.2, 0) is 9.47 Å². The Morgan fingerprint density at radius 2 is 2.23 bits per heavy atom. The highest BCUT2D eigenvalue weighted by atomic mass is 16.7. The quantitative estimate of drug-likeness (QED) is 0.718.